The van der Waals surface area contributed by atoms with Crippen LogP contribution >= 0.6 is 0 Å². The highest BCUT2D eigenvalue weighted by Crippen LogP contribution is 2.20. The third kappa shape index (κ3) is 6.34. The summed E-state index contributed by atoms with van der Waals surface area (Å²) in [4.78, 5) is 27.0. The smallest absolute Gasteiger partial charge is 0.253 e. The number of amides is 2. The zero-order chi connectivity index (χ0) is 19.9. The molecule has 1 N–H and O–H groups in total. The van der Waals surface area contributed by atoms with Crippen LogP contribution in [0, 0.1) is 5.92 Å². The Kier molecular flexibility index (Phi) is 7.83. The predicted octanol–water partition coefficient (Wildman–Crippen LogP) is 2.64. The number of likely N-dealkylation sites (tertiary alicyclic amines) is 1. The molecular formula is C20H30N2O4S. The SMILES string of the molecule is CCCCCCNC(=O)C1CCCN(C(=O)c2ccc(S(C)(=O)=O)cc2)C1. The second-order valence-electron chi connectivity index (χ2n) is 7.24. The van der Waals surface area contributed by atoms with Gasteiger partial charge in [0, 0.05) is 31.5 Å². The van der Waals surface area contributed by atoms with E-state index in [-0.39, 0.29) is 22.6 Å². The zero-order valence-corrected chi connectivity index (χ0v) is 17.1. The average molecular weight is 395 g/mol. The number of piperidine rings is 1. The first-order valence-electron chi connectivity index (χ1n) is 9.70. The summed E-state index contributed by atoms with van der Waals surface area (Å²) in [6.45, 7) is 3.87. The first-order valence-corrected chi connectivity index (χ1v) is 11.6. The fourth-order valence-electron chi connectivity index (χ4n) is 3.31. The normalized spacial score (nSPS) is 17.6. The quantitative estimate of drug-likeness (QED) is 0.687. The molecule has 1 aliphatic rings. The van der Waals surface area contributed by atoms with Crippen LogP contribution in [0.2, 0.25) is 0 Å². The lowest BCUT2D eigenvalue weighted by molar-refractivity contribution is -0.126. The number of nitrogens with one attached hydrogen (secondary N) is 1. The maximum absolute atomic E-state index is 12.7. The monoisotopic (exact) mass is 394 g/mol. The van der Waals surface area contributed by atoms with Crippen LogP contribution < -0.4 is 5.32 Å². The van der Waals surface area contributed by atoms with Crippen LogP contribution in [0.1, 0.15) is 55.8 Å². The molecule has 1 fully saturated rings. The van der Waals surface area contributed by atoms with Crippen LogP contribution in [0.5, 0.6) is 0 Å². The van der Waals surface area contributed by atoms with Gasteiger partial charge in [0.1, 0.15) is 0 Å². The lowest BCUT2D eigenvalue weighted by atomic mass is 9.96. The van der Waals surface area contributed by atoms with Crippen molar-refractivity contribution in [3.05, 3.63) is 29.8 Å². The molecule has 0 aliphatic carbocycles. The molecule has 1 aliphatic heterocycles. The molecule has 7 heteroatoms. The maximum atomic E-state index is 12.7. The molecule has 27 heavy (non-hydrogen) atoms. The number of carbonyl (C=O) groups excluding carboxylic acids is 2. The van der Waals surface area contributed by atoms with E-state index in [1.165, 1.54) is 37.1 Å². The van der Waals surface area contributed by atoms with Gasteiger partial charge in [0.2, 0.25) is 5.91 Å². The number of nitrogens with zero attached hydrogens (tertiary/aromatic N) is 1. The number of benzene rings is 1. The van der Waals surface area contributed by atoms with Crippen molar-refractivity contribution in [1.82, 2.24) is 10.2 Å². The maximum Gasteiger partial charge on any atom is 0.253 e. The van der Waals surface area contributed by atoms with Crippen molar-refractivity contribution in [2.45, 2.75) is 50.3 Å². The van der Waals surface area contributed by atoms with E-state index in [1.54, 1.807) is 4.90 Å². The Morgan fingerprint density at radius 1 is 1.15 bits per heavy atom. The topological polar surface area (TPSA) is 83.6 Å². The number of sulfone groups is 1. The highest BCUT2D eigenvalue weighted by Gasteiger charge is 2.28. The summed E-state index contributed by atoms with van der Waals surface area (Å²) in [5.41, 5.74) is 0.447. The van der Waals surface area contributed by atoms with E-state index in [4.69, 9.17) is 0 Å². The van der Waals surface area contributed by atoms with Crippen LogP contribution in [-0.2, 0) is 14.6 Å². The fraction of sp³-hybridized carbons (Fsp3) is 0.600. The molecule has 1 aromatic carbocycles. The summed E-state index contributed by atoms with van der Waals surface area (Å²) < 4.78 is 23.1. The summed E-state index contributed by atoms with van der Waals surface area (Å²) >= 11 is 0. The Morgan fingerprint density at radius 2 is 1.85 bits per heavy atom. The predicted molar refractivity (Wildman–Crippen MR) is 105 cm³/mol. The summed E-state index contributed by atoms with van der Waals surface area (Å²) in [6.07, 6.45) is 7.17. The van der Waals surface area contributed by atoms with Gasteiger partial charge in [-0.2, -0.15) is 0 Å². The van der Waals surface area contributed by atoms with Gasteiger partial charge in [-0.1, -0.05) is 26.2 Å². The first kappa shape index (κ1) is 21.4. The molecule has 0 spiro atoms. The Morgan fingerprint density at radius 3 is 2.48 bits per heavy atom. The number of carbonyl (C=O) groups is 2. The molecule has 1 saturated heterocycles. The molecule has 150 valence electrons. The molecule has 6 nitrogen and oxygen atoms in total. The van der Waals surface area contributed by atoms with E-state index in [2.05, 4.69) is 12.2 Å². The molecule has 0 bridgehead atoms. The van der Waals surface area contributed by atoms with Gasteiger partial charge in [-0.25, -0.2) is 8.42 Å². The summed E-state index contributed by atoms with van der Waals surface area (Å²) in [5.74, 6) is -0.309. The van der Waals surface area contributed by atoms with Crippen molar-refractivity contribution in [2.24, 2.45) is 5.92 Å². The highest BCUT2D eigenvalue weighted by molar-refractivity contribution is 7.90. The second-order valence-corrected chi connectivity index (χ2v) is 9.25. The number of hydrogen-bond donors (Lipinski definition) is 1. The van der Waals surface area contributed by atoms with Crippen molar-refractivity contribution in [2.75, 3.05) is 25.9 Å². The first-order chi connectivity index (χ1) is 12.8. The van der Waals surface area contributed by atoms with Gasteiger partial charge in [-0.15, -0.1) is 0 Å². The molecular weight excluding hydrogens is 364 g/mol. The van der Waals surface area contributed by atoms with E-state index in [0.29, 0.717) is 25.2 Å². The van der Waals surface area contributed by atoms with Crippen LogP contribution in [0.4, 0.5) is 0 Å². The lowest BCUT2D eigenvalue weighted by Gasteiger charge is -2.32. The van der Waals surface area contributed by atoms with Gasteiger partial charge < -0.3 is 10.2 Å². The molecule has 0 aromatic heterocycles. The Balaban J connectivity index is 1.91. The van der Waals surface area contributed by atoms with Gasteiger partial charge in [0.15, 0.2) is 9.84 Å². The van der Waals surface area contributed by atoms with E-state index in [0.717, 1.165) is 31.9 Å². The summed E-state index contributed by atoms with van der Waals surface area (Å²) in [5, 5.41) is 2.99. The highest BCUT2D eigenvalue weighted by atomic mass is 32.2. The minimum absolute atomic E-state index is 0.0245. The lowest BCUT2D eigenvalue weighted by Crippen LogP contribution is -2.45. The van der Waals surface area contributed by atoms with Crippen LogP contribution in [0.3, 0.4) is 0 Å². The Labute approximate surface area is 162 Å². The van der Waals surface area contributed by atoms with E-state index in [1.807, 2.05) is 0 Å². The van der Waals surface area contributed by atoms with Gasteiger partial charge in [0.25, 0.3) is 5.91 Å². The standard InChI is InChI=1S/C20H30N2O4S/c1-3-4-5-6-13-21-19(23)17-8-7-14-22(15-17)20(24)16-9-11-18(12-10-16)27(2,25)26/h9-12,17H,3-8,13-15H2,1-2H3,(H,21,23). The molecule has 1 aromatic rings. The van der Waals surface area contributed by atoms with Crippen LogP contribution in [-0.4, -0.2) is 51.0 Å². The molecule has 2 rings (SSSR count). The Hall–Kier alpha value is -1.89. The van der Waals surface area contributed by atoms with Crippen LogP contribution in [0.15, 0.2) is 29.2 Å². The average Bonchev–Trinajstić information content (AvgIpc) is 2.66. The van der Waals surface area contributed by atoms with Gasteiger partial charge in [-0.3, -0.25) is 9.59 Å². The van der Waals surface area contributed by atoms with Gasteiger partial charge in [0.05, 0.1) is 10.8 Å². The van der Waals surface area contributed by atoms with Crippen molar-refractivity contribution in [3.8, 4) is 0 Å². The van der Waals surface area contributed by atoms with Gasteiger partial charge in [-0.05, 0) is 43.5 Å². The van der Waals surface area contributed by atoms with Gasteiger partial charge >= 0.3 is 0 Å². The van der Waals surface area contributed by atoms with Crippen LogP contribution in [0.25, 0.3) is 0 Å². The zero-order valence-electron chi connectivity index (χ0n) is 16.2. The fourth-order valence-corrected chi connectivity index (χ4v) is 3.94. The van der Waals surface area contributed by atoms with E-state index in [9.17, 15) is 18.0 Å². The number of rotatable bonds is 8. The third-order valence-electron chi connectivity index (χ3n) is 4.94. The molecule has 1 atom stereocenters. The molecule has 1 unspecified atom stereocenters. The molecule has 0 saturated carbocycles. The van der Waals surface area contributed by atoms with E-state index < -0.39 is 9.84 Å². The third-order valence-corrected chi connectivity index (χ3v) is 6.07. The minimum atomic E-state index is -3.28. The second kappa shape index (κ2) is 9.88. The van der Waals surface area contributed by atoms with Crippen molar-refractivity contribution >= 4 is 21.7 Å². The van der Waals surface area contributed by atoms with E-state index >= 15 is 0 Å². The molecule has 2 amide bonds. The summed E-state index contributed by atoms with van der Waals surface area (Å²) in [6, 6.07) is 5.98. The Bertz CT molecular complexity index is 744. The van der Waals surface area contributed by atoms with Crippen molar-refractivity contribution in [3.63, 3.8) is 0 Å². The minimum Gasteiger partial charge on any atom is -0.356 e. The summed E-state index contributed by atoms with van der Waals surface area (Å²) in [7, 11) is -3.28. The van der Waals surface area contributed by atoms with Crippen molar-refractivity contribution in [1.29, 1.82) is 0 Å². The van der Waals surface area contributed by atoms with Crippen molar-refractivity contribution < 1.29 is 18.0 Å². The largest absolute Gasteiger partial charge is 0.356 e. The molecule has 0 radical (unpaired) electrons. The number of unbranched alkanes of at least 4 members (excludes halogenated alkanes) is 3. The number of hydrogen-bond acceptors (Lipinski definition) is 4. The molecule has 1 heterocycles.